The first-order valence-electron chi connectivity index (χ1n) is 8.31. The van der Waals surface area contributed by atoms with Crippen molar-refractivity contribution in [2.45, 2.75) is 0 Å². The number of halogens is 1. The van der Waals surface area contributed by atoms with Gasteiger partial charge < -0.3 is 10.4 Å². The van der Waals surface area contributed by atoms with Gasteiger partial charge in [-0.3, -0.25) is 9.59 Å². The van der Waals surface area contributed by atoms with Crippen LogP contribution in [0.5, 0.6) is 5.75 Å². The van der Waals surface area contributed by atoms with Gasteiger partial charge in [0.25, 0.3) is 11.8 Å². The second-order valence-corrected chi connectivity index (χ2v) is 6.75. The average Bonchev–Trinajstić information content (AvgIpc) is 2.69. The van der Waals surface area contributed by atoms with Crippen LogP contribution in [0.25, 0.3) is 0 Å². The van der Waals surface area contributed by atoms with Crippen LogP contribution in [0.2, 0.25) is 0 Å². The molecule has 0 atom stereocenters. The van der Waals surface area contributed by atoms with Gasteiger partial charge >= 0.3 is 0 Å². The van der Waals surface area contributed by atoms with Crippen LogP contribution >= 0.6 is 15.9 Å². The van der Waals surface area contributed by atoms with Crippen molar-refractivity contribution in [3.05, 3.63) is 94.0 Å². The molecule has 28 heavy (non-hydrogen) atoms. The summed E-state index contributed by atoms with van der Waals surface area (Å²) >= 11 is 3.33. The van der Waals surface area contributed by atoms with Crippen molar-refractivity contribution in [3.8, 4) is 5.75 Å². The number of hydrazone groups is 1. The summed E-state index contributed by atoms with van der Waals surface area (Å²) in [5.74, 6) is -0.527. The van der Waals surface area contributed by atoms with E-state index in [1.807, 2.05) is 6.07 Å². The molecule has 6 nitrogen and oxygen atoms in total. The number of carbonyl (C=O) groups is 2. The molecule has 0 fully saturated rings. The largest absolute Gasteiger partial charge is 0.508 e. The zero-order chi connectivity index (χ0) is 19.9. The van der Waals surface area contributed by atoms with Gasteiger partial charge in [-0.1, -0.05) is 28.1 Å². The van der Waals surface area contributed by atoms with E-state index >= 15 is 0 Å². The summed E-state index contributed by atoms with van der Waals surface area (Å²) < 4.78 is 0.805. The monoisotopic (exact) mass is 437 g/mol. The van der Waals surface area contributed by atoms with Crippen molar-refractivity contribution in [3.63, 3.8) is 0 Å². The van der Waals surface area contributed by atoms with Crippen molar-refractivity contribution in [1.82, 2.24) is 5.43 Å². The second-order valence-electron chi connectivity index (χ2n) is 5.84. The molecule has 0 heterocycles. The smallest absolute Gasteiger partial charge is 0.271 e. The lowest BCUT2D eigenvalue weighted by atomic mass is 10.1. The Morgan fingerprint density at radius 2 is 1.57 bits per heavy atom. The Morgan fingerprint density at radius 3 is 2.29 bits per heavy atom. The fraction of sp³-hybridized carbons (Fsp3) is 0. The van der Waals surface area contributed by atoms with Crippen molar-refractivity contribution in [2.24, 2.45) is 5.10 Å². The van der Waals surface area contributed by atoms with Gasteiger partial charge in [0, 0.05) is 21.3 Å². The summed E-state index contributed by atoms with van der Waals surface area (Å²) in [5, 5.41) is 15.9. The van der Waals surface area contributed by atoms with Crippen LogP contribution in [0.3, 0.4) is 0 Å². The number of amides is 2. The Morgan fingerprint density at radius 1 is 0.893 bits per heavy atom. The molecule has 0 unspecified atom stereocenters. The van der Waals surface area contributed by atoms with E-state index in [0.717, 1.165) is 10.0 Å². The van der Waals surface area contributed by atoms with Crippen LogP contribution in [-0.2, 0) is 0 Å². The molecule has 0 saturated carbocycles. The molecule has 140 valence electrons. The van der Waals surface area contributed by atoms with Gasteiger partial charge in [-0.15, -0.1) is 0 Å². The number of nitrogens with zero attached hydrogens (tertiary/aromatic N) is 1. The number of phenols is 1. The molecule has 3 aromatic carbocycles. The fourth-order valence-electron chi connectivity index (χ4n) is 2.36. The third-order valence-corrected chi connectivity index (χ3v) is 4.24. The van der Waals surface area contributed by atoms with E-state index in [9.17, 15) is 14.7 Å². The SMILES string of the molecule is O=C(N/N=C/c1ccc(O)cc1)c1cccc(NC(=O)c2cccc(Br)c2)c1. The van der Waals surface area contributed by atoms with E-state index in [4.69, 9.17) is 0 Å². The van der Waals surface area contributed by atoms with Crippen molar-refractivity contribution >= 4 is 39.6 Å². The highest BCUT2D eigenvalue weighted by Gasteiger charge is 2.09. The molecular weight excluding hydrogens is 422 g/mol. The maximum Gasteiger partial charge on any atom is 0.271 e. The van der Waals surface area contributed by atoms with Gasteiger partial charge in [-0.05, 0) is 66.2 Å². The maximum atomic E-state index is 12.3. The van der Waals surface area contributed by atoms with Crippen molar-refractivity contribution in [1.29, 1.82) is 0 Å². The standard InChI is InChI=1S/C21H16BrN3O3/c22-17-5-1-3-15(11-17)20(27)24-18-6-2-4-16(12-18)21(28)25-23-13-14-7-9-19(26)10-8-14/h1-13,26H,(H,24,27)(H,25,28)/b23-13+. The number of anilines is 1. The first kappa shape index (κ1) is 19.3. The molecule has 0 aromatic heterocycles. The molecule has 3 rings (SSSR count). The van der Waals surface area contributed by atoms with Gasteiger partial charge in [-0.25, -0.2) is 5.43 Å². The lowest BCUT2D eigenvalue weighted by Gasteiger charge is -2.07. The first-order valence-corrected chi connectivity index (χ1v) is 9.10. The number of hydrogen-bond donors (Lipinski definition) is 3. The van der Waals surface area contributed by atoms with E-state index in [-0.39, 0.29) is 11.7 Å². The lowest BCUT2D eigenvalue weighted by Crippen LogP contribution is -2.18. The van der Waals surface area contributed by atoms with E-state index < -0.39 is 5.91 Å². The van der Waals surface area contributed by atoms with E-state index in [1.165, 1.54) is 18.3 Å². The quantitative estimate of drug-likeness (QED) is 0.413. The Kier molecular flexibility index (Phi) is 6.18. The second kappa shape index (κ2) is 8.96. The zero-order valence-corrected chi connectivity index (χ0v) is 16.2. The summed E-state index contributed by atoms with van der Waals surface area (Å²) in [6, 6.07) is 20.0. The van der Waals surface area contributed by atoms with Gasteiger partial charge in [0.05, 0.1) is 6.21 Å². The van der Waals surface area contributed by atoms with Gasteiger partial charge in [0.2, 0.25) is 0 Å². The molecule has 3 aromatic rings. The highest BCUT2D eigenvalue weighted by molar-refractivity contribution is 9.10. The normalized spacial score (nSPS) is 10.6. The van der Waals surface area contributed by atoms with Crippen LogP contribution in [0, 0.1) is 0 Å². The predicted octanol–water partition coefficient (Wildman–Crippen LogP) is 4.17. The van der Waals surface area contributed by atoms with Gasteiger partial charge in [0.15, 0.2) is 0 Å². The van der Waals surface area contributed by atoms with Crippen LogP contribution < -0.4 is 10.7 Å². The molecular formula is C21H16BrN3O3. The van der Waals surface area contributed by atoms with Crippen LogP contribution in [0.1, 0.15) is 26.3 Å². The number of benzene rings is 3. The molecule has 0 aliphatic heterocycles. The van der Waals surface area contributed by atoms with Crippen molar-refractivity contribution in [2.75, 3.05) is 5.32 Å². The summed E-state index contributed by atoms with van der Waals surface area (Å²) in [5.41, 5.74) is 4.52. The van der Waals surface area contributed by atoms with Gasteiger partial charge in [0.1, 0.15) is 5.75 Å². The molecule has 2 amide bonds. The van der Waals surface area contributed by atoms with E-state index in [2.05, 4.69) is 31.8 Å². The Hall–Kier alpha value is -3.45. The van der Waals surface area contributed by atoms with Crippen LogP contribution in [0.4, 0.5) is 5.69 Å². The zero-order valence-electron chi connectivity index (χ0n) is 14.6. The van der Waals surface area contributed by atoms with E-state index in [1.54, 1.807) is 54.6 Å². The fourth-order valence-corrected chi connectivity index (χ4v) is 2.76. The molecule has 0 saturated heterocycles. The minimum absolute atomic E-state index is 0.155. The maximum absolute atomic E-state index is 12.3. The minimum Gasteiger partial charge on any atom is -0.508 e. The van der Waals surface area contributed by atoms with Crippen LogP contribution in [0.15, 0.2) is 82.4 Å². The number of phenolic OH excluding ortho intramolecular Hbond substituents is 1. The summed E-state index contributed by atoms with van der Waals surface area (Å²) in [4.78, 5) is 24.6. The summed E-state index contributed by atoms with van der Waals surface area (Å²) in [6.07, 6.45) is 1.47. The molecule has 0 spiro atoms. The third-order valence-electron chi connectivity index (χ3n) is 3.74. The molecule has 3 N–H and O–H groups in total. The summed E-state index contributed by atoms with van der Waals surface area (Å²) in [6.45, 7) is 0. The Bertz CT molecular complexity index is 1030. The molecule has 0 radical (unpaired) electrons. The lowest BCUT2D eigenvalue weighted by molar-refractivity contribution is 0.0953. The Labute approximate surface area is 170 Å². The van der Waals surface area contributed by atoms with Gasteiger partial charge in [-0.2, -0.15) is 5.10 Å². The summed E-state index contributed by atoms with van der Waals surface area (Å²) in [7, 11) is 0. The molecule has 7 heteroatoms. The predicted molar refractivity (Wildman–Crippen MR) is 112 cm³/mol. The molecule has 0 aliphatic rings. The van der Waals surface area contributed by atoms with E-state index in [0.29, 0.717) is 16.8 Å². The van der Waals surface area contributed by atoms with Crippen molar-refractivity contribution < 1.29 is 14.7 Å². The Balaban J connectivity index is 1.64. The molecule has 0 bridgehead atoms. The topological polar surface area (TPSA) is 90.8 Å². The number of hydrogen-bond acceptors (Lipinski definition) is 4. The number of carbonyl (C=O) groups excluding carboxylic acids is 2. The highest BCUT2D eigenvalue weighted by atomic mass is 79.9. The number of nitrogens with one attached hydrogen (secondary N) is 2. The number of rotatable bonds is 5. The average molecular weight is 438 g/mol. The first-order chi connectivity index (χ1) is 13.5. The van der Waals surface area contributed by atoms with Crippen LogP contribution in [-0.4, -0.2) is 23.1 Å². The minimum atomic E-state index is -0.409. The number of aromatic hydroxyl groups is 1. The highest BCUT2D eigenvalue weighted by Crippen LogP contribution is 2.15. The molecule has 0 aliphatic carbocycles. The third kappa shape index (κ3) is 5.28.